The molecule has 0 radical (unpaired) electrons. The first kappa shape index (κ1) is 89.8. The lowest BCUT2D eigenvalue weighted by Gasteiger charge is -2.33. The van der Waals surface area contributed by atoms with E-state index in [1.165, 1.54) is 40.2 Å². The molecule has 109 heavy (non-hydrogen) atoms. The van der Waals surface area contributed by atoms with Crippen LogP contribution < -0.4 is 27.0 Å². The molecule has 3 saturated heterocycles. The van der Waals surface area contributed by atoms with Crippen molar-refractivity contribution in [3.63, 3.8) is 0 Å². The summed E-state index contributed by atoms with van der Waals surface area (Å²) in [6.45, 7) is 4.48. The first-order chi connectivity index (χ1) is 52.0. The van der Waals surface area contributed by atoms with Crippen LogP contribution in [0, 0.1) is 11.8 Å². The number of rotatable bonds is 31. The van der Waals surface area contributed by atoms with Crippen molar-refractivity contribution >= 4 is 124 Å². The van der Waals surface area contributed by atoms with Gasteiger partial charge in [-0.25, -0.2) is 4.79 Å². The number of carboxylic acids is 5. The second-order valence-electron chi connectivity index (χ2n) is 28.4. The summed E-state index contributed by atoms with van der Waals surface area (Å²) in [7, 11) is 0. The summed E-state index contributed by atoms with van der Waals surface area (Å²) < 4.78 is 0. The smallest absolute Gasteiger partial charge is 0.326 e. The van der Waals surface area contributed by atoms with Crippen LogP contribution in [-0.4, -0.2) is 300 Å². The van der Waals surface area contributed by atoms with Crippen LogP contribution in [-0.2, 0) is 95.6 Å². The number of nitrogens with one attached hydrogen (secondary N) is 4. The standard InChI is InChI=1S/C74H107N11O21S3/c1-3-4-6-14-54(87)35-53-46-109-44-51-32-49(42-107-30-11-15-55(88)38-80-22-24-81(39-64(93)94)26-28-83(41-66(97)98)29-27-82(25-23-80)40-65(95)96)31-50(33-51)43-108-45-52(68(99)78-58(74(105)106)37-63(91)92)36-61(89)57(34-48-12-7-5-8-13-48)77-69(100)56(18-19-62(75)90)76-71(102)67(47(2)86)79-70(101)59-16-9-20-84(59)73(104)60-17-10-21-85(60)72(53)103/h5,7-8,12-13,31-33,47,52-53,56-60,67,86H,3-4,6,9-11,14-30,34-46H2,1-2H3,(H2,75,90)(H,76,102)(H,77,100)(H,78,99)(H,79,101)(H,91,92)(H,93,94)(H,95,96)(H,97,98)(H,105,106)/t47-,52+,53+,56+,57+,58+,59+,60+,67+/m1/s1. The summed E-state index contributed by atoms with van der Waals surface area (Å²) in [4.78, 5) is 212. The van der Waals surface area contributed by atoms with E-state index in [4.69, 9.17) is 5.73 Å². The van der Waals surface area contributed by atoms with E-state index in [1.54, 1.807) is 56.8 Å². The van der Waals surface area contributed by atoms with Crippen molar-refractivity contribution in [2.75, 3.05) is 109 Å². The normalized spacial score (nSPS) is 22.9. The SMILES string of the molecule is CCCCCC(=O)C[C@H]1CSCc2cc(CSCCCC(=O)CN3CCN(CC(=O)O)CCN(CC(=O)O)CCN(CC(=O)O)CC3)cc(c2)CSC[C@@H](C(=O)N[C@@H](CC(=O)O)C(=O)O)CC(=O)[C@H](Cc2ccccc2)NC(=O)[C@H](CCC(N)=O)NC(=O)[C@H]([C@@H](C)O)NC(=O)[C@@H]2CCCN2C(=O)[C@@H]2CCCN2C1=O. The number of carboxylic acid groups (broad SMARTS) is 5. The van der Waals surface area contributed by atoms with Gasteiger partial charge in [-0.3, -0.25) is 86.7 Å². The highest BCUT2D eigenvalue weighted by Crippen LogP contribution is 2.31. The van der Waals surface area contributed by atoms with E-state index in [2.05, 4.69) is 21.3 Å². The molecule has 9 atom stereocenters. The fraction of sp³-hybridized carbons (Fsp3) is 0.635. The summed E-state index contributed by atoms with van der Waals surface area (Å²) in [6, 6.07) is 5.26. The number of aliphatic hydroxyl groups is 1. The van der Waals surface area contributed by atoms with Crippen molar-refractivity contribution in [3.8, 4) is 0 Å². The zero-order chi connectivity index (χ0) is 79.7. The van der Waals surface area contributed by atoms with Crippen LogP contribution >= 0.6 is 35.3 Å². The maximum Gasteiger partial charge on any atom is 0.326 e. The molecule has 35 heteroatoms. The molecule has 2 bridgehead atoms. The molecule has 2 aromatic rings. The highest BCUT2D eigenvalue weighted by molar-refractivity contribution is 7.99. The number of nitrogens with zero attached hydrogens (tertiary/aromatic N) is 6. The number of thioether (sulfide) groups is 3. The van der Waals surface area contributed by atoms with E-state index < -0.39 is 157 Å². The van der Waals surface area contributed by atoms with E-state index in [0.29, 0.717) is 48.5 Å². The molecule has 4 heterocycles. The lowest BCUT2D eigenvalue weighted by atomic mass is 9.94. The number of hydrogen-bond donors (Lipinski definition) is 11. The third-order valence-corrected chi connectivity index (χ3v) is 22.9. The number of ketones is 3. The Labute approximate surface area is 647 Å². The zero-order valence-corrected chi connectivity index (χ0v) is 64.5. The van der Waals surface area contributed by atoms with Crippen LogP contribution in [0.25, 0.3) is 0 Å². The average Bonchev–Trinajstić information content (AvgIpc) is 1.67. The molecule has 12 N–H and O–H groups in total. The molecule has 2 aromatic carbocycles. The summed E-state index contributed by atoms with van der Waals surface area (Å²) in [5, 5.41) is 69.8. The zero-order valence-electron chi connectivity index (χ0n) is 62.1. The minimum Gasteiger partial charge on any atom is -0.481 e. The van der Waals surface area contributed by atoms with Gasteiger partial charge < -0.3 is 67.4 Å². The fourth-order valence-electron chi connectivity index (χ4n) is 13.7. The van der Waals surface area contributed by atoms with Gasteiger partial charge in [0.1, 0.15) is 41.8 Å². The lowest BCUT2D eigenvalue weighted by molar-refractivity contribution is -0.148. The largest absolute Gasteiger partial charge is 0.481 e. The van der Waals surface area contributed by atoms with Crippen molar-refractivity contribution in [1.29, 1.82) is 0 Å². The molecule has 0 saturated carbocycles. The lowest BCUT2D eigenvalue weighted by Crippen LogP contribution is -2.61. The summed E-state index contributed by atoms with van der Waals surface area (Å²) in [5.41, 5.74) is 8.44. The molecule has 0 spiro atoms. The van der Waals surface area contributed by atoms with Gasteiger partial charge in [0.15, 0.2) is 5.78 Å². The first-order valence-electron chi connectivity index (χ1n) is 37.2. The number of primary amides is 1. The maximum atomic E-state index is 15.1. The van der Waals surface area contributed by atoms with Crippen molar-refractivity contribution in [2.45, 2.75) is 176 Å². The van der Waals surface area contributed by atoms with Gasteiger partial charge in [-0.15, -0.1) is 0 Å². The fourth-order valence-corrected chi connectivity index (χ4v) is 16.7. The average molecular weight is 1580 g/mol. The Morgan fingerprint density at radius 3 is 1.68 bits per heavy atom. The summed E-state index contributed by atoms with van der Waals surface area (Å²) in [6.07, 6.45) is -0.157. The molecule has 3 fully saturated rings. The number of aliphatic carboxylic acids is 5. The molecule has 0 unspecified atom stereocenters. The quantitative estimate of drug-likeness (QED) is 0.0474. The predicted molar refractivity (Wildman–Crippen MR) is 406 cm³/mol. The highest BCUT2D eigenvalue weighted by Gasteiger charge is 2.45. The monoisotopic (exact) mass is 1580 g/mol. The Balaban J connectivity index is 1.33. The van der Waals surface area contributed by atoms with E-state index in [0.717, 1.165) is 29.5 Å². The number of aliphatic hydroxyl groups excluding tert-OH is 1. The maximum absolute atomic E-state index is 15.1. The van der Waals surface area contributed by atoms with E-state index in [-0.39, 0.29) is 159 Å². The molecule has 7 amide bonds. The molecular weight excluding hydrogens is 1480 g/mol. The number of amides is 7. The van der Waals surface area contributed by atoms with Crippen LogP contribution in [0.3, 0.4) is 0 Å². The van der Waals surface area contributed by atoms with Crippen molar-refractivity contribution in [2.24, 2.45) is 17.6 Å². The third kappa shape index (κ3) is 31.7. The predicted octanol–water partition coefficient (Wildman–Crippen LogP) is 1.33. The molecule has 0 aliphatic carbocycles. The number of carbonyl (C=O) groups excluding carboxylic acids is 10. The highest BCUT2D eigenvalue weighted by atomic mass is 32.2. The minimum absolute atomic E-state index is 0.00516. The van der Waals surface area contributed by atoms with Crippen molar-refractivity contribution < 1.29 is 103 Å². The molecule has 4 aliphatic rings. The summed E-state index contributed by atoms with van der Waals surface area (Å²) >= 11 is 4.14. The van der Waals surface area contributed by atoms with E-state index in [1.807, 2.05) is 30.0 Å². The molecule has 32 nitrogen and oxygen atoms in total. The Morgan fingerprint density at radius 1 is 0.596 bits per heavy atom. The van der Waals surface area contributed by atoms with E-state index in [9.17, 15) is 97.8 Å². The van der Waals surface area contributed by atoms with Gasteiger partial charge in [0.25, 0.3) is 0 Å². The van der Waals surface area contributed by atoms with Gasteiger partial charge in [-0.1, -0.05) is 68.3 Å². The van der Waals surface area contributed by atoms with Crippen molar-refractivity contribution in [1.82, 2.24) is 50.7 Å². The first-order valence-corrected chi connectivity index (χ1v) is 40.7. The molecule has 0 aromatic heterocycles. The molecule has 602 valence electrons. The Morgan fingerprint density at radius 2 is 1.14 bits per heavy atom. The Bertz CT molecular complexity index is 3450. The second kappa shape index (κ2) is 46.6. The van der Waals surface area contributed by atoms with Crippen LogP contribution in [0.4, 0.5) is 0 Å². The number of nitrogens with two attached hydrogens (primary N) is 1. The van der Waals surface area contributed by atoms with Crippen molar-refractivity contribution in [3.05, 3.63) is 70.8 Å². The number of Topliss-reactive ketones (excluding diaryl/α,β-unsaturated/α-hetero) is 3. The topological polar surface area (TPSA) is 471 Å². The summed E-state index contributed by atoms with van der Waals surface area (Å²) in [5.74, 6) is -14.0. The van der Waals surface area contributed by atoms with Crippen LogP contribution in [0.5, 0.6) is 0 Å². The minimum atomic E-state index is -1.93. The molecule has 6 rings (SSSR count). The van der Waals surface area contributed by atoms with Gasteiger partial charge in [-0.2, -0.15) is 35.3 Å². The number of fused-ring (bicyclic) bond motifs is 4. The van der Waals surface area contributed by atoms with Gasteiger partial charge in [0, 0.05) is 126 Å². The number of hydrogen-bond acceptors (Lipinski definition) is 23. The molecular formula is C74H107N11O21S3. The van der Waals surface area contributed by atoms with Crippen LogP contribution in [0.1, 0.15) is 132 Å². The van der Waals surface area contributed by atoms with Crippen LogP contribution in [0.2, 0.25) is 0 Å². The van der Waals surface area contributed by atoms with Gasteiger partial charge in [0.2, 0.25) is 41.4 Å². The molecule has 4 aliphatic heterocycles. The number of benzene rings is 2. The van der Waals surface area contributed by atoms with Gasteiger partial charge in [-0.05, 0) is 86.3 Å². The third-order valence-electron chi connectivity index (χ3n) is 19.4. The Kier molecular flexibility index (Phi) is 38.4. The number of carbonyl (C=O) groups is 15. The second-order valence-corrected chi connectivity index (χ2v) is 31.5. The van der Waals surface area contributed by atoms with E-state index >= 15 is 4.79 Å². The Hall–Kier alpha value is -8.06. The van der Waals surface area contributed by atoms with Crippen LogP contribution in [0.15, 0.2) is 48.5 Å². The van der Waals surface area contributed by atoms with Gasteiger partial charge in [0.05, 0.1) is 56.6 Å². The van der Waals surface area contributed by atoms with Gasteiger partial charge >= 0.3 is 29.8 Å². The number of unbranched alkanes of at least 4 members (excludes halogenated alkanes) is 2.